The molecule has 1 rings (SSSR count). The predicted molar refractivity (Wildman–Crippen MR) is 58.0 cm³/mol. The second-order valence-electron chi connectivity index (χ2n) is 3.38. The highest BCUT2D eigenvalue weighted by molar-refractivity contribution is 7.07. The van der Waals surface area contributed by atoms with Gasteiger partial charge < -0.3 is 10.4 Å². The van der Waals surface area contributed by atoms with E-state index in [2.05, 4.69) is 5.32 Å². The fourth-order valence-corrected chi connectivity index (χ4v) is 1.84. The van der Waals surface area contributed by atoms with Gasteiger partial charge in [0.15, 0.2) is 0 Å². The molecule has 0 fully saturated rings. The van der Waals surface area contributed by atoms with Gasteiger partial charge in [0.1, 0.15) is 6.54 Å². The molecular weight excluding hydrogens is 216 g/mol. The highest BCUT2D eigenvalue weighted by atomic mass is 32.1. The van der Waals surface area contributed by atoms with Gasteiger partial charge in [-0.2, -0.15) is 0 Å². The number of hydrogen-bond acceptors (Lipinski definition) is 4. The van der Waals surface area contributed by atoms with Gasteiger partial charge in [0, 0.05) is 17.1 Å². The van der Waals surface area contributed by atoms with Gasteiger partial charge in [0.2, 0.25) is 5.91 Å². The Morgan fingerprint density at radius 1 is 1.73 bits per heavy atom. The first kappa shape index (κ1) is 11.9. The Morgan fingerprint density at radius 2 is 2.40 bits per heavy atom. The van der Waals surface area contributed by atoms with Crippen LogP contribution in [0.5, 0.6) is 0 Å². The van der Waals surface area contributed by atoms with Gasteiger partial charge in [-0.25, -0.2) is 0 Å². The molecule has 1 aromatic rings. The van der Waals surface area contributed by atoms with E-state index in [1.807, 2.05) is 0 Å². The van der Waals surface area contributed by atoms with E-state index in [0.29, 0.717) is 0 Å². The van der Waals surface area contributed by atoms with Crippen molar-refractivity contribution >= 4 is 17.2 Å². The van der Waals surface area contributed by atoms with E-state index >= 15 is 0 Å². The molecule has 5 nitrogen and oxygen atoms in total. The van der Waals surface area contributed by atoms with Crippen LogP contribution in [0.3, 0.4) is 0 Å². The number of aliphatic hydroxyl groups is 1. The summed E-state index contributed by atoms with van der Waals surface area (Å²) < 4.78 is 1.41. The third-order valence-electron chi connectivity index (χ3n) is 1.96. The number of aromatic nitrogens is 1. The number of aryl methyl sites for hydroxylation is 1. The van der Waals surface area contributed by atoms with Gasteiger partial charge in [-0.15, -0.1) is 0 Å². The fourth-order valence-electron chi connectivity index (χ4n) is 1.11. The molecule has 0 bridgehead atoms. The minimum atomic E-state index is -0.285. The van der Waals surface area contributed by atoms with Crippen LogP contribution >= 0.6 is 11.3 Å². The van der Waals surface area contributed by atoms with E-state index in [1.54, 1.807) is 19.2 Å². The first-order valence-corrected chi connectivity index (χ1v) is 5.47. The van der Waals surface area contributed by atoms with Gasteiger partial charge in [0.05, 0.1) is 6.61 Å². The number of hydrogen-bond donors (Lipinski definition) is 2. The molecule has 1 heterocycles. The van der Waals surface area contributed by atoms with Gasteiger partial charge in [0.25, 0.3) is 0 Å². The normalized spacial score (nSPS) is 12.5. The number of carbonyl (C=O) groups excluding carboxylic acids is 1. The quantitative estimate of drug-likeness (QED) is 0.747. The van der Waals surface area contributed by atoms with Crippen molar-refractivity contribution in [2.45, 2.75) is 26.4 Å². The van der Waals surface area contributed by atoms with Gasteiger partial charge in [-0.1, -0.05) is 11.3 Å². The lowest BCUT2D eigenvalue weighted by Gasteiger charge is -2.11. The van der Waals surface area contributed by atoms with Crippen LogP contribution in [-0.2, 0) is 11.3 Å². The molecule has 0 radical (unpaired) electrons. The monoisotopic (exact) mass is 230 g/mol. The number of rotatable bonds is 4. The lowest BCUT2D eigenvalue weighted by atomic mass is 10.3. The summed E-state index contributed by atoms with van der Waals surface area (Å²) >= 11 is 1.08. The number of carbonyl (C=O) groups is 1. The number of amides is 1. The Kier molecular flexibility index (Phi) is 4.05. The summed E-state index contributed by atoms with van der Waals surface area (Å²) in [7, 11) is 0. The molecule has 2 N–H and O–H groups in total. The first-order valence-electron chi connectivity index (χ1n) is 4.59. The summed E-state index contributed by atoms with van der Waals surface area (Å²) in [5.74, 6) is -0.264. The molecular formula is C9H14N2O3S. The second kappa shape index (κ2) is 5.09. The summed E-state index contributed by atoms with van der Waals surface area (Å²) in [6, 6.07) is -0.285. The SMILES string of the molecule is Cc1csc(=O)n1CC(=O)N[C@@H](C)CO. The van der Waals surface area contributed by atoms with Crippen LogP contribution in [0.2, 0.25) is 0 Å². The van der Waals surface area contributed by atoms with Crippen LogP contribution in [0, 0.1) is 6.92 Å². The van der Waals surface area contributed by atoms with Crippen LogP contribution in [0.25, 0.3) is 0 Å². The molecule has 0 spiro atoms. The molecule has 1 aromatic heterocycles. The third-order valence-corrected chi connectivity index (χ3v) is 2.84. The molecule has 6 heteroatoms. The maximum Gasteiger partial charge on any atom is 0.307 e. The molecule has 0 aliphatic carbocycles. The van der Waals surface area contributed by atoms with E-state index in [0.717, 1.165) is 17.0 Å². The molecule has 0 aliphatic rings. The third kappa shape index (κ3) is 3.17. The lowest BCUT2D eigenvalue weighted by Crippen LogP contribution is -2.38. The lowest BCUT2D eigenvalue weighted by molar-refractivity contribution is -0.122. The smallest absolute Gasteiger partial charge is 0.307 e. The van der Waals surface area contributed by atoms with Crippen molar-refractivity contribution in [2.75, 3.05) is 6.61 Å². The topological polar surface area (TPSA) is 71.3 Å². The summed E-state index contributed by atoms with van der Waals surface area (Å²) in [6.45, 7) is 3.38. The second-order valence-corrected chi connectivity index (χ2v) is 4.20. The highest BCUT2D eigenvalue weighted by Gasteiger charge is 2.10. The minimum Gasteiger partial charge on any atom is -0.394 e. The van der Waals surface area contributed by atoms with Crippen LogP contribution in [-0.4, -0.2) is 28.2 Å². The van der Waals surface area contributed by atoms with Crippen LogP contribution in [0.15, 0.2) is 10.2 Å². The molecule has 0 aliphatic heterocycles. The van der Waals surface area contributed by atoms with Crippen molar-refractivity contribution < 1.29 is 9.90 Å². The van der Waals surface area contributed by atoms with Gasteiger partial charge in [-0.05, 0) is 13.8 Å². The maximum absolute atomic E-state index is 11.4. The van der Waals surface area contributed by atoms with E-state index in [-0.39, 0.29) is 30.0 Å². The van der Waals surface area contributed by atoms with Crippen molar-refractivity contribution in [2.24, 2.45) is 0 Å². The Morgan fingerprint density at radius 3 is 2.87 bits per heavy atom. The van der Waals surface area contributed by atoms with E-state index < -0.39 is 0 Å². The van der Waals surface area contributed by atoms with Crippen molar-refractivity contribution in [1.82, 2.24) is 9.88 Å². The summed E-state index contributed by atoms with van der Waals surface area (Å²) in [5.41, 5.74) is 0.775. The van der Waals surface area contributed by atoms with Crippen molar-refractivity contribution in [3.63, 3.8) is 0 Å². The molecule has 84 valence electrons. The Labute approximate surface area is 91.4 Å². The zero-order valence-corrected chi connectivity index (χ0v) is 9.50. The maximum atomic E-state index is 11.4. The van der Waals surface area contributed by atoms with E-state index in [9.17, 15) is 9.59 Å². The Hall–Kier alpha value is -1.14. The standard InChI is InChI=1S/C9H14N2O3S/c1-6(4-12)10-8(13)3-11-7(2)5-15-9(11)14/h5-6,12H,3-4H2,1-2H3,(H,10,13)/t6-/m0/s1. The fraction of sp³-hybridized carbons (Fsp3) is 0.556. The molecule has 1 amide bonds. The minimum absolute atomic E-state index is 0.0124. The number of nitrogens with zero attached hydrogens (tertiary/aromatic N) is 1. The average molecular weight is 230 g/mol. The summed E-state index contributed by atoms with van der Waals surface area (Å²) in [5, 5.41) is 13.0. The molecule has 1 atom stereocenters. The Bertz CT molecular complexity index is 396. The van der Waals surface area contributed by atoms with Gasteiger partial charge >= 0.3 is 4.87 Å². The molecule has 0 saturated carbocycles. The zero-order chi connectivity index (χ0) is 11.4. The van der Waals surface area contributed by atoms with Crippen molar-refractivity contribution in [3.8, 4) is 0 Å². The van der Waals surface area contributed by atoms with Crippen LogP contribution < -0.4 is 10.2 Å². The zero-order valence-electron chi connectivity index (χ0n) is 8.69. The summed E-state index contributed by atoms with van der Waals surface area (Å²) in [6.07, 6.45) is 0. The molecule has 15 heavy (non-hydrogen) atoms. The average Bonchev–Trinajstić information content (AvgIpc) is 2.49. The number of aliphatic hydroxyl groups excluding tert-OH is 1. The van der Waals surface area contributed by atoms with Crippen LogP contribution in [0.4, 0.5) is 0 Å². The molecule has 0 saturated heterocycles. The number of nitrogens with one attached hydrogen (secondary N) is 1. The number of thiazole rings is 1. The molecule has 0 aromatic carbocycles. The van der Waals surface area contributed by atoms with Crippen molar-refractivity contribution in [3.05, 3.63) is 20.7 Å². The van der Waals surface area contributed by atoms with E-state index in [4.69, 9.17) is 5.11 Å². The van der Waals surface area contributed by atoms with Crippen molar-refractivity contribution in [1.29, 1.82) is 0 Å². The Balaban J connectivity index is 2.63. The predicted octanol–water partition coefficient (Wildman–Crippen LogP) is -0.285. The van der Waals surface area contributed by atoms with Gasteiger partial charge in [-0.3, -0.25) is 14.2 Å². The highest BCUT2D eigenvalue weighted by Crippen LogP contribution is 1.98. The molecule has 0 unspecified atom stereocenters. The van der Waals surface area contributed by atoms with Crippen LogP contribution in [0.1, 0.15) is 12.6 Å². The van der Waals surface area contributed by atoms with E-state index in [1.165, 1.54) is 4.57 Å². The first-order chi connectivity index (χ1) is 7.04. The summed E-state index contributed by atoms with van der Waals surface area (Å²) in [4.78, 5) is 22.6. The largest absolute Gasteiger partial charge is 0.394 e.